The zero-order valence-corrected chi connectivity index (χ0v) is 10.8. The summed E-state index contributed by atoms with van der Waals surface area (Å²) in [7, 11) is 0. The lowest BCUT2D eigenvalue weighted by Gasteiger charge is -2.23. The minimum Gasteiger partial charge on any atom is -0.490 e. The normalized spacial score (nSPS) is 16.1. The number of amides is 1. The van der Waals surface area contributed by atoms with Crippen LogP contribution < -0.4 is 15.4 Å². The highest BCUT2D eigenvalue weighted by Gasteiger charge is 2.15. The first-order valence-electron chi connectivity index (χ1n) is 6.63. The van der Waals surface area contributed by atoms with Gasteiger partial charge in [-0.05, 0) is 38.1 Å². The van der Waals surface area contributed by atoms with Crippen molar-refractivity contribution in [1.29, 1.82) is 0 Å². The van der Waals surface area contributed by atoms with Crippen LogP contribution in [0.15, 0.2) is 24.3 Å². The first kappa shape index (κ1) is 13.8. The Kier molecular flexibility index (Phi) is 5.15. The molecule has 1 amide bonds. The van der Waals surface area contributed by atoms with Gasteiger partial charge in [-0.3, -0.25) is 4.79 Å². The van der Waals surface area contributed by atoms with Gasteiger partial charge in [-0.2, -0.15) is 0 Å². The molecule has 0 bridgehead atoms. The summed E-state index contributed by atoms with van der Waals surface area (Å²) in [5.41, 5.74) is 0. The first-order valence-corrected chi connectivity index (χ1v) is 6.63. The third kappa shape index (κ3) is 4.52. The number of nitrogens with one attached hydrogen (secondary N) is 2. The highest BCUT2D eigenvalue weighted by Crippen LogP contribution is 2.15. The monoisotopic (exact) mass is 266 g/mol. The van der Waals surface area contributed by atoms with Gasteiger partial charge in [0.2, 0.25) is 5.91 Å². The van der Waals surface area contributed by atoms with Crippen molar-refractivity contribution in [2.45, 2.75) is 25.3 Å². The first-order chi connectivity index (χ1) is 9.25. The molecule has 2 N–H and O–H groups in total. The molecular formula is C14H19FN2O2. The Bertz CT molecular complexity index is 420. The van der Waals surface area contributed by atoms with Crippen molar-refractivity contribution in [1.82, 2.24) is 10.6 Å². The highest BCUT2D eigenvalue weighted by molar-refractivity contribution is 5.76. The molecule has 104 valence electrons. The van der Waals surface area contributed by atoms with E-state index in [2.05, 4.69) is 10.6 Å². The number of carbonyl (C=O) groups is 1. The summed E-state index contributed by atoms with van der Waals surface area (Å²) in [5, 5.41) is 6.21. The lowest BCUT2D eigenvalue weighted by molar-refractivity contribution is -0.122. The maximum absolute atomic E-state index is 13.3. The number of hydrogen-bond acceptors (Lipinski definition) is 3. The summed E-state index contributed by atoms with van der Waals surface area (Å²) in [6, 6.07) is 6.45. The Balaban J connectivity index is 1.67. The second-order valence-electron chi connectivity index (χ2n) is 4.62. The predicted octanol–water partition coefficient (Wildman–Crippen LogP) is 1.46. The number of benzene rings is 1. The van der Waals surface area contributed by atoms with Crippen molar-refractivity contribution in [3.05, 3.63) is 30.1 Å². The van der Waals surface area contributed by atoms with Gasteiger partial charge in [0, 0.05) is 6.04 Å². The fraction of sp³-hybridized carbons (Fsp3) is 0.500. The van der Waals surface area contributed by atoms with Crippen LogP contribution >= 0.6 is 0 Å². The Hall–Kier alpha value is -1.62. The van der Waals surface area contributed by atoms with Crippen LogP contribution in [-0.4, -0.2) is 31.6 Å². The van der Waals surface area contributed by atoms with Gasteiger partial charge in [-0.15, -0.1) is 0 Å². The molecule has 19 heavy (non-hydrogen) atoms. The lowest BCUT2D eigenvalue weighted by atomic mass is 10.1. The van der Waals surface area contributed by atoms with E-state index in [0.29, 0.717) is 0 Å². The molecule has 1 fully saturated rings. The van der Waals surface area contributed by atoms with E-state index in [1.54, 1.807) is 18.2 Å². The Morgan fingerprint density at radius 3 is 2.84 bits per heavy atom. The van der Waals surface area contributed by atoms with Gasteiger partial charge in [0.05, 0.1) is 13.0 Å². The molecule has 0 radical (unpaired) electrons. The molecule has 2 rings (SSSR count). The lowest BCUT2D eigenvalue weighted by Crippen LogP contribution is -2.43. The van der Waals surface area contributed by atoms with Crippen molar-refractivity contribution in [2.75, 3.05) is 19.7 Å². The number of rotatable bonds is 5. The fourth-order valence-corrected chi connectivity index (χ4v) is 2.08. The molecule has 0 saturated carbocycles. The minimum absolute atomic E-state index is 0.0387. The molecule has 4 nitrogen and oxygen atoms in total. The molecule has 1 aromatic carbocycles. The standard InChI is InChI=1S/C14H19FN2O2/c15-12-3-1-2-4-13(12)19-10-7-14(18)17-11-5-8-16-9-6-11/h1-4,11,16H,5-10H2,(H,17,18). The maximum atomic E-state index is 13.3. The van der Waals surface area contributed by atoms with Crippen LogP contribution in [0.5, 0.6) is 5.75 Å². The molecule has 0 spiro atoms. The molecule has 0 atom stereocenters. The van der Waals surface area contributed by atoms with Crippen molar-refractivity contribution in [2.24, 2.45) is 0 Å². The van der Waals surface area contributed by atoms with Gasteiger partial charge in [-0.1, -0.05) is 12.1 Å². The van der Waals surface area contributed by atoms with Gasteiger partial charge in [0.1, 0.15) is 0 Å². The molecule has 1 heterocycles. The van der Waals surface area contributed by atoms with Gasteiger partial charge < -0.3 is 15.4 Å². The van der Waals surface area contributed by atoms with E-state index >= 15 is 0 Å². The molecule has 1 saturated heterocycles. The summed E-state index contributed by atoms with van der Waals surface area (Å²) in [5.74, 6) is -0.248. The number of halogens is 1. The van der Waals surface area contributed by atoms with E-state index in [4.69, 9.17) is 4.74 Å². The number of piperidine rings is 1. The van der Waals surface area contributed by atoms with Gasteiger partial charge in [0.25, 0.3) is 0 Å². The van der Waals surface area contributed by atoms with E-state index in [1.165, 1.54) is 6.07 Å². The summed E-state index contributed by atoms with van der Waals surface area (Å²) in [6.45, 7) is 2.07. The maximum Gasteiger partial charge on any atom is 0.223 e. The molecule has 1 aliphatic heterocycles. The molecule has 1 aliphatic rings. The molecule has 0 unspecified atom stereocenters. The van der Waals surface area contributed by atoms with Gasteiger partial charge in [0.15, 0.2) is 11.6 Å². The third-order valence-electron chi connectivity index (χ3n) is 3.13. The molecular weight excluding hydrogens is 247 g/mol. The summed E-state index contributed by atoms with van der Waals surface area (Å²) >= 11 is 0. The second-order valence-corrected chi connectivity index (χ2v) is 4.62. The number of carbonyl (C=O) groups excluding carboxylic acids is 1. The Labute approximate surface area is 112 Å². The topological polar surface area (TPSA) is 50.4 Å². The van der Waals surface area contributed by atoms with Crippen molar-refractivity contribution >= 4 is 5.91 Å². The van der Waals surface area contributed by atoms with Crippen molar-refractivity contribution < 1.29 is 13.9 Å². The third-order valence-corrected chi connectivity index (χ3v) is 3.13. The largest absolute Gasteiger partial charge is 0.490 e. The van der Waals surface area contributed by atoms with E-state index in [9.17, 15) is 9.18 Å². The molecule has 1 aromatic rings. The smallest absolute Gasteiger partial charge is 0.223 e. The van der Waals surface area contributed by atoms with E-state index in [-0.39, 0.29) is 30.7 Å². The Morgan fingerprint density at radius 1 is 1.37 bits per heavy atom. The van der Waals surface area contributed by atoms with Crippen LogP contribution in [0, 0.1) is 5.82 Å². The van der Waals surface area contributed by atoms with Gasteiger partial charge in [-0.25, -0.2) is 4.39 Å². The summed E-state index contributed by atoms with van der Waals surface area (Å²) in [6.07, 6.45) is 2.16. The summed E-state index contributed by atoms with van der Waals surface area (Å²) in [4.78, 5) is 11.7. The number of ether oxygens (including phenoxy) is 1. The highest BCUT2D eigenvalue weighted by atomic mass is 19.1. The Morgan fingerprint density at radius 2 is 2.11 bits per heavy atom. The molecule has 5 heteroatoms. The quantitative estimate of drug-likeness (QED) is 0.848. The number of hydrogen-bond donors (Lipinski definition) is 2. The second kappa shape index (κ2) is 7.09. The van der Waals surface area contributed by atoms with E-state index in [0.717, 1.165) is 25.9 Å². The number of para-hydroxylation sites is 1. The van der Waals surface area contributed by atoms with Crippen LogP contribution in [0.1, 0.15) is 19.3 Å². The van der Waals surface area contributed by atoms with Crippen LogP contribution in [0.4, 0.5) is 4.39 Å². The SMILES string of the molecule is O=C(CCOc1ccccc1F)NC1CCNCC1. The zero-order valence-electron chi connectivity index (χ0n) is 10.8. The fourth-order valence-electron chi connectivity index (χ4n) is 2.08. The molecule has 0 aromatic heterocycles. The van der Waals surface area contributed by atoms with Crippen LogP contribution in [0.3, 0.4) is 0 Å². The predicted molar refractivity (Wildman–Crippen MR) is 70.5 cm³/mol. The van der Waals surface area contributed by atoms with Crippen LogP contribution in [-0.2, 0) is 4.79 Å². The average Bonchev–Trinajstić information content (AvgIpc) is 2.42. The van der Waals surface area contributed by atoms with Crippen molar-refractivity contribution in [3.63, 3.8) is 0 Å². The van der Waals surface area contributed by atoms with Crippen LogP contribution in [0.2, 0.25) is 0 Å². The van der Waals surface area contributed by atoms with E-state index in [1.807, 2.05) is 0 Å². The van der Waals surface area contributed by atoms with Crippen molar-refractivity contribution in [3.8, 4) is 5.75 Å². The van der Waals surface area contributed by atoms with E-state index < -0.39 is 5.82 Å². The summed E-state index contributed by atoms with van der Waals surface area (Å²) < 4.78 is 18.5. The zero-order chi connectivity index (χ0) is 13.5. The minimum atomic E-state index is -0.402. The molecule has 0 aliphatic carbocycles. The average molecular weight is 266 g/mol. The van der Waals surface area contributed by atoms with Gasteiger partial charge >= 0.3 is 0 Å². The van der Waals surface area contributed by atoms with Crippen LogP contribution in [0.25, 0.3) is 0 Å².